The molecule has 2 saturated heterocycles. The Bertz CT molecular complexity index is 270. The lowest BCUT2D eigenvalue weighted by Crippen LogP contribution is -2.50. The maximum Gasteiger partial charge on any atom is 0.0113 e. The zero-order chi connectivity index (χ0) is 23.7. The molecule has 30 heavy (non-hydrogen) atoms. The topological polar surface area (TPSA) is 9.72 Å². The molecule has 0 saturated carbocycles. The summed E-state index contributed by atoms with van der Waals surface area (Å²) in [4.78, 5) is 7.70. The molecule has 0 N–H and O–H groups in total. The molecule has 0 unspecified atom stereocenters. The van der Waals surface area contributed by atoms with Crippen LogP contribution in [0.2, 0.25) is 0 Å². The van der Waals surface area contributed by atoms with Crippen molar-refractivity contribution in [1.29, 1.82) is 0 Å². The van der Waals surface area contributed by atoms with Crippen LogP contribution in [0.3, 0.4) is 0 Å². The minimum absolute atomic E-state index is 0.722. The number of hydrogen-bond acceptors (Lipinski definition) is 3. The van der Waals surface area contributed by atoms with Crippen molar-refractivity contribution in [3.05, 3.63) is 0 Å². The first-order chi connectivity index (χ1) is 14.1. The van der Waals surface area contributed by atoms with Gasteiger partial charge in [0.05, 0.1) is 0 Å². The second kappa shape index (κ2) is 19.6. The summed E-state index contributed by atoms with van der Waals surface area (Å²) in [6.45, 7) is 34.4. The Kier molecular flexibility index (Phi) is 20.9. The zero-order valence-corrected chi connectivity index (χ0v) is 23.3. The van der Waals surface area contributed by atoms with Crippen molar-refractivity contribution in [3.63, 3.8) is 0 Å². The van der Waals surface area contributed by atoms with E-state index in [0.29, 0.717) is 0 Å². The highest BCUT2D eigenvalue weighted by molar-refractivity contribution is 4.76. The van der Waals surface area contributed by atoms with Crippen LogP contribution in [0.1, 0.15) is 109 Å². The molecule has 0 bridgehead atoms. The zero-order valence-electron chi connectivity index (χ0n) is 23.3. The number of nitrogens with zero attached hydrogens (tertiary/aromatic N) is 3. The monoisotopic (exact) mass is 427 g/mol. The predicted molar refractivity (Wildman–Crippen MR) is 140 cm³/mol. The third-order valence-electron chi connectivity index (χ3n) is 6.56. The minimum atomic E-state index is 0.722. The largest absolute Gasteiger partial charge is 0.301 e. The van der Waals surface area contributed by atoms with E-state index in [0.717, 1.165) is 30.0 Å². The Morgan fingerprint density at radius 1 is 0.533 bits per heavy atom. The van der Waals surface area contributed by atoms with Crippen LogP contribution in [0, 0.1) is 11.8 Å². The standard InChI is InChI=1S/C11H23N.C10H22N2.C4H10.C2H6/c2*1-9(2)11-5-7-12(8-6-11)10(3)4;1-3-4-2;1-2/h9-11H,5-8H2,1-4H3;9-10H,5-8H2,1-4H3;3-4H2,1-2H3;1-2H3. The molecular weight excluding hydrogens is 366 g/mol. The van der Waals surface area contributed by atoms with Gasteiger partial charge in [-0.25, -0.2) is 0 Å². The van der Waals surface area contributed by atoms with E-state index in [1.807, 2.05) is 13.8 Å². The summed E-state index contributed by atoms with van der Waals surface area (Å²) in [5.74, 6) is 1.87. The lowest BCUT2D eigenvalue weighted by Gasteiger charge is -2.38. The van der Waals surface area contributed by atoms with E-state index >= 15 is 0 Å². The van der Waals surface area contributed by atoms with E-state index in [9.17, 15) is 0 Å². The summed E-state index contributed by atoms with van der Waals surface area (Å²) >= 11 is 0. The molecule has 0 spiro atoms. The fourth-order valence-electron chi connectivity index (χ4n) is 3.87. The second-order valence-corrected chi connectivity index (χ2v) is 9.97. The summed E-state index contributed by atoms with van der Waals surface area (Å²) in [5.41, 5.74) is 0. The number of likely N-dealkylation sites (tertiary alicyclic amines) is 1. The van der Waals surface area contributed by atoms with Crippen molar-refractivity contribution in [2.75, 3.05) is 39.3 Å². The quantitative estimate of drug-likeness (QED) is 0.467. The van der Waals surface area contributed by atoms with E-state index in [4.69, 9.17) is 0 Å². The smallest absolute Gasteiger partial charge is 0.0113 e. The summed E-state index contributed by atoms with van der Waals surface area (Å²) in [6, 6.07) is 2.19. The fraction of sp³-hybridized carbons (Fsp3) is 1.00. The SMILES string of the molecule is CC.CC(C)C1CCN(C(C)C)CC1.CC(C)N1CCN(C(C)C)CC1.CCCC. The average Bonchev–Trinajstić information content (AvgIpc) is 2.75. The predicted octanol–water partition coefficient (Wildman–Crippen LogP) is 7.02. The number of unbranched alkanes of at least 4 members (excludes halogenated alkanes) is 1. The molecule has 184 valence electrons. The van der Waals surface area contributed by atoms with Crippen molar-refractivity contribution >= 4 is 0 Å². The molecule has 0 aromatic heterocycles. The average molecular weight is 428 g/mol. The fourth-order valence-corrected chi connectivity index (χ4v) is 3.87. The minimum Gasteiger partial charge on any atom is -0.301 e. The van der Waals surface area contributed by atoms with Gasteiger partial charge in [-0.1, -0.05) is 54.4 Å². The molecule has 0 radical (unpaired) electrons. The number of piperazine rings is 1. The number of piperidine rings is 1. The van der Waals surface area contributed by atoms with Gasteiger partial charge in [0.2, 0.25) is 0 Å². The van der Waals surface area contributed by atoms with E-state index in [1.54, 1.807) is 0 Å². The summed E-state index contributed by atoms with van der Waals surface area (Å²) in [6.07, 6.45) is 5.46. The van der Waals surface area contributed by atoms with E-state index in [2.05, 4.69) is 83.9 Å². The molecule has 0 aromatic rings. The molecule has 0 amide bonds. The molecule has 0 atom stereocenters. The summed E-state index contributed by atoms with van der Waals surface area (Å²) in [5, 5.41) is 0. The second-order valence-electron chi connectivity index (χ2n) is 9.97. The number of hydrogen-bond donors (Lipinski definition) is 0. The first-order valence-corrected chi connectivity index (χ1v) is 13.4. The van der Waals surface area contributed by atoms with Gasteiger partial charge in [0, 0.05) is 44.3 Å². The molecule has 2 rings (SSSR count). The van der Waals surface area contributed by atoms with Gasteiger partial charge >= 0.3 is 0 Å². The van der Waals surface area contributed by atoms with Gasteiger partial charge in [0.15, 0.2) is 0 Å². The lowest BCUT2D eigenvalue weighted by molar-refractivity contribution is 0.0887. The highest BCUT2D eigenvalue weighted by atomic mass is 15.3. The van der Waals surface area contributed by atoms with Crippen LogP contribution in [-0.4, -0.2) is 72.1 Å². The molecule has 2 fully saturated rings. The van der Waals surface area contributed by atoms with Crippen molar-refractivity contribution in [1.82, 2.24) is 14.7 Å². The van der Waals surface area contributed by atoms with Gasteiger partial charge < -0.3 is 4.90 Å². The van der Waals surface area contributed by atoms with Crippen molar-refractivity contribution in [2.45, 2.75) is 127 Å². The first-order valence-electron chi connectivity index (χ1n) is 13.4. The van der Waals surface area contributed by atoms with Crippen LogP contribution < -0.4 is 0 Å². The maximum absolute atomic E-state index is 2.60. The van der Waals surface area contributed by atoms with E-state index in [-0.39, 0.29) is 0 Å². The molecule has 3 heteroatoms. The summed E-state index contributed by atoms with van der Waals surface area (Å²) < 4.78 is 0. The van der Waals surface area contributed by atoms with E-state index < -0.39 is 0 Å². The van der Waals surface area contributed by atoms with Crippen LogP contribution in [-0.2, 0) is 0 Å². The van der Waals surface area contributed by atoms with Gasteiger partial charge in [0.1, 0.15) is 0 Å². The van der Waals surface area contributed by atoms with Crippen molar-refractivity contribution in [2.24, 2.45) is 11.8 Å². The Morgan fingerprint density at radius 2 is 0.800 bits per heavy atom. The van der Waals surface area contributed by atoms with Gasteiger partial charge in [0.25, 0.3) is 0 Å². The van der Waals surface area contributed by atoms with Crippen LogP contribution >= 0.6 is 0 Å². The highest BCUT2D eigenvalue weighted by Crippen LogP contribution is 2.25. The van der Waals surface area contributed by atoms with Crippen LogP contribution in [0.25, 0.3) is 0 Å². The van der Waals surface area contributed by atoms with Gasteiger partial charge in [-0.15, -0.1) is 0 Å². The highest BCUT2D eigenvalue weighted by Gasteiger charge is 2.22. The van der Waals surface area contributed by atoms with Crippen LogP contribution in [0.15, 0.2) is 0 Å². The third kappa shape index (κ3) is 14.8. The normalized spacial score (nSPS) is 19.2. The molecule has 0 aromatic carbocycles. The number of rotatable bonds is 5. The Morgan fingerprint density at radius 3 is 1.00 bits per heavy atom. The molecule has 2 aliphatic rings. The maximum atomic E-state index is 2.60. The Labute approximate surface area is 193 Å². The summed E-state index contributed by atoms with van der Waals surface area (Å²) in [7, 11) is 0. The van der Waals surface area contributed by atoms with Gasteiger partial charge in [-0.2, -0.15) is 0 Å². The Hall–Kier alpha value is -0.120. The molecular formula is C27H61N3. The molecule has 2 aliphatic heterocycles. The molecule has 0 aliphatic carbocycles. The van der Waals surface area contributed by atoms with Gasteiger partial charge in [-0.05, 0) is 79.3 Å². The molecule has 2 heterocycles. The molecule has 3 nitrogen and oxygen atoms in total. The van der Waals surface area contributed by atoms with Crippen molar-refractivity contribution < 1.29 is 0 Å². The van der Waals surface area contributed by atoms with E-state index in [1.165, 1.54) is 65.0 Å². The first kappa shape index (κ1) is 32.1. The van der Waals surface area contributed by atoms with Crippen LogP contribution in [0.4, 0.5) is 0 Å². The third-order valence-corrected chi connectivity index (χ3v) is 6.56. The Balaban J connectivity index is 0. The lowest BCUT2D eigenvalue weighted by atomic mass is 9.86. The van der Waals surface area contributed by atoms with Crippen molar-refractivity contribution in [3.8, 4) is 0 Å². The van der Waals surface area contributed by atoms with Crippen LogP contribution in [0.5, 0.6) is 0 Å². The van der Waals surface area contributed by atoms with Gasteiger partial charge in [-0.3, -0.25) is 9.80 Å².